The maximum absolute atomic E-state index is 14.1. The van der Waals surface area contributed by atoms with Crippen molar-refractivity contribution >= 4 is 37.6 Å². The van der Waals surface area contributed by atoms with Crippen LogP contribution in [0.1, 0.15) is 11.1 Å². The summed E-state index contributed by atoms with van der Waals surface area (Å²) in [6.07, 6.45) is 2.54. The first kappa shape index (κ1) is 31.1. The van der Waals surface area contributed by atoms with Gasteiger partial charge in [-0.25, -0.2) is 8.42 Å². The molecule has 0 saturated carbocycles. The van der Waals surface area contributed by atoms with Crippen LogP contribution in [0.15, 0.2) is 96.0 Å². The molecule has 1 heterocycles. The van der Waals surface area contributed by atoms with E-state index in [0.29, 0.717) is 29.9 Å². The van der Waals surface area contributed by atoms with Gasteiger partial charge in [0.2, 0.25) is 15.9 Å². The van der Waals surface area contributed by atoms with Crippen LogP contribution in [-0.2, 0) is 32.5 Å². The van der Waals surface area contributed by atoms with E-state index in [1.807, 2.05) is 66.9 Å². The molecular weight excluding hydrogens is 578 g/mol. The van der Waals surface area contributed by atoms with E-state index in [1.165, 1.54) is 11.4 Å². The Morgan fingerprint density at radius 2 is 1.55 bits per heavy atom. The molecule has 230 valence electrons. The van der Waals surface area contributed by atoms with E-state index in [1.54, 1.807) is 43.4 Å². The molecule has 44 heavy (non-hydrogen) atoms. The average molecular weight is 616 g/mol. The molecule has 0 spiro atoms. The highest BCUT2D eigenvalue weighted by molar-refractivity contribution is 7.89. The van der Waals surface area contributed by atoms with Crippen LogP contribution in [0, 0.1) is 0 Å². The molecule has 0 unspecified atom stereocenters. The lowest BCUT2D eigenvalue weighted by Gasteiger charge is -2.28. The number of nitrogens with one attached hydrogen (secondary N) is 1. The van der Waals surface area contributed by atoms with Gasteiger partial charge >= 0.3 is 0 Å². The summed E-state index contributed by atoms with van der Waals surface area (Å²) >= 11 is 0. The molecular formula is C34H37N3O6S. The minimum absolute atomic E-state index is 0.0282. The zero-order valence-electron chi connectivity index (χ0n) is 25.2. The minimum Gasteiger partial charge on any atom is -0.493 e. The quantitative estimate of drug-likeness (QED) is 0.183. The number of sulfonamides is 1. The second kappa shape index (κ2) is 13.9. The highest BCUT2D eigenvalue weighted by atomic mass is 32.2. The van der Waals surface area contributed by atoms with Crippen molar-refractivity contribution in [2.45, 2.75) is 17.9 Å². The Morgan fingerprint density at radius 1 is 0.818 bits per heavy atom. The zero-order valence-corrected chi connectivity index (χ0v) is 26.0. The van der Waals surface area contributed by atoms with Gasteiger partial charge in [-0.15, -0.1) is 0 Å². The van der Waals surface area contributed by atoms with E-state index < -0.39 is 10.0 Å². The summed E-state index contributed by atoms with van der Waals surface area (Å²) in [6, 6.07) is 26.0. The van der Waals surface area contributed by atoms with Crippen molar-refractivity contribution in [3.05, 3.63) is 102 Å². The molecule has 0 saturated heterocycles. The Hall–Kier alpha value is -4.38. The van der Waals surface area contributed by atoms with E-state index in [-0.39, 0.29) is 37.0 Å². The molecule has 0 aliphatic carbocycles. The number of benzene rings is 4. The number of carbonyl (C=O) groups is 1. The Kier molecular flexibility index (Phi) is 9.84. The minimum atomic E-state index is -4.04. The molecule has 0 radical (unpaired) electrons. The van der Waals surface area contributed by atoms with Crippen LogP contribution in [0.2, 0.25) is 0 Å². The fraction of sp³-hybridized carbons (Fsp3) is 0.265. The first-order valence-electron chi connectivity index (χ1n) is 14.4. The van der Waals surface area contributed by atoms with Crippen molar-refractivity contribution in [1.29, 1.82) is 0 Å². The molecule has 0 aliphatic heterocycles. The third kappa shape index (κ3) is 6.72. The topological polar surface area (TPSA) is 101 Å². The number of nitrogens with zero attached hydrogens (tertiary/aromatic N) is 2. The van der Waals surface area contributed by atoms with Gasteiger partial charge in [-0.1, -0.05) is 60.7 Å². The van der Waals surface area contributed by atoms with Crippen molar-refractivity contribution in [2.24, 2.45) is 0 Å². The van der Waals surface area contributed by atoms with Crippen molar-refractivity contribution < 1.29 is 27.4 Å². The molecule has 0 atom stereocenters. The molecule has 4 aromatic carbocycles. The van der Waals surface area contributed by atoms with E-state index in [0.717, 1.165) is 27.4 Å². The van der Waals surface area contributed by atoms with E-state index in [9.17, 15) is 13.2 Å². The predicted octanol–water partition coefficient (Wildman–Crippen LogP) is 5.25. The number of ether oxygens (including phenoxy) is 3. The van der Waals surface area contributed by atoms with Crippen LogP contribution in [-0.4, -0.2) is 76.1 Å². The molecule has 5 aromatic rings. The Morgan fingerprint density at radius 3 is 2.32 bits per heavy atom. The summed E-state index contributed by atoms with van der Waals surface area (Å²) in [5.41, 5.74) is 2.92. The van der Waals surface area contributed by atoms with Gasteiger partial charge in [0.25, 0.3) is 0 Å². The van der Waals surface area contributed by atoms with Crippen LogP contribution < -0.4 is 9.47 Å². The van der Waals surface area contributed by atoms with Gasteiger partial charge in [-0.3, -0.25) is 4.79 Å². The van der Waals surface area contributed by atoms with Crippen LogP contribution in [0.4, 0.5) is 0 Å². The average Bonchev–Trinajstić information content (AvgIpc) is 3.47. The lowest BCUT2D eigenvalue weighted by Crippen LogP contribution is -2.44. The number of aromatic amines is 1. The largest absolute Gasteiger partial charge is 0.493 e. The highest BCUT2D eigenvalue weighted by Gasteiger charge is 2.30. The van der Waals surface area contributed by atoms with Gasteiger partial charge in [0.1, 0.15) is 0 Å². The summed E-state index contributed by atoms with van der Waals surface area (Å²) in [6.45, 7) is 0.467. The van der Waals surface area contributed by atoms with Gasteiger partial charge in [0.05, 0.1) is 32.3 Å². The maximum atomic E-state index is 14.1. The number of fused-ring (bicyclic) bond motifs is 2. The van der Waals surface area contributed by atoms with Crippen LogP contribution in [0.5, 0.6) is 11.5 Å². The van der Waals surface area contributed by atoms with Crippen LogP contribution in [0.25, 0.3) is 21.7 Å². The molecule has 0 bridgehead atoms. The number of aromatic nitrogens is 1. The van der Waals surface area contributed by atoms with Crippen molar-refractivity contribution in [3.63, 3.8) is 0 Å². The summed E-state index contributed by atoms with van der Waals surface area (Å²) in [5.74, 6) is 0.814. The number of hydrogen-bond acceptors (Lipinski definition) is 6. The second-order valence-corrected chi connectivity index (χ2v) is 12.3. The highest BCUT2D eigenvalue weighted by Crippen LogP contribution is 2.29. The molecule has 0 aliphatic rings. The molecule has 1 amide bonds. The predicted molar refractivity (Wildman–Crippen MR) is 172 cm³/mol. The third-order valence-electron chi connectivity index (χ3n) is 7.72. The van der Waals surface area contributed by atoms with E-state index >= 15 is 0 Å². The number of H-pyrrole nitrogens is 1. The monoisotopic (exact) mass is 615 g/mol. The summed E-state index contributed by atoms with van der Waals surface area (Å²) in [7, 11) is 0.597. The SMILES string of the molecule is COCCN(CC(=O)N(CCc1c[nH]c2ccccc12)Cc1ccc(OC)c(OC)c1)S(=O)(=O)c1cccc2ccccc12. The number of carbonyl (C=O) groups excluding carboxylic acids is 1. The number of rotatable bonds is 14. The fourth-order valence-corrected chi connectivity index (χ4v) is 6.96. The molecule has 1 N–H and O–H groups in total. The van der Waals surface area contributed by atoms with Gasteiger partial charge < -0.3 is 24.1 Å². The molecule has 9 nitrogen and oxygen atoms in total. The maximum Gasteiger partial charge on any atom is 0.244 e. The summed E-state index contributed by atoms with van der Waals surface area (Å²) < 4.78 is 45.5. The number of amides is 1. The standard InChI is InChI=1S/C34H37N3O6S/c1-41-20-19-37(44(39,40)33-14-8-10-26-9-4-5-12-29(26)33)24-34(38)36(23-25-15-16-31(42-2)32(21-25)43-3)18-17-27-22-35-30-13-7-6-11-28(27)30/h4-16,21-22,35H,17-20,23-24H2,1-3H3. The number of methoxy groups -OCH3 is 3. The van der Waals surface area contributed by atoms with Gasteiger partial charge in [-0.05, 0) is 47.2 Å². The van der Waals surface area contributed by atoms with E-state index in [4.69, 9.17) is 14.2 Å². The van der Waals surface area contributed by atoms with E-state index in [2.05, 4.69) is 4.98 Å². The second-order valence-electron chi connectivity index (χ2n) is 10.4. The van der Waals surface area contributed by atoms with Crippen molar-refractivity contribution in [2.75, 3.05) is 47.6 Å². The molecule has 5 rings (SSSR count). The molecule has 1 aromatic heterocycles. The zero-order chi connectivity index (χ0) is 31.1. The van der Waals surface area contributed by atoms with Gasteiger partial charge in [-0.2, -0.15) is 4.31 Å². The third-order valence-corrected chi connectivity index (χ3v) is 9.63. The summed E-state index contributed by atoms with van der Waals surface area (Å²) in [4.78, 5) is 19.2. The van der Waals surface area contributed by atoms with Gasteiger partial charge in [0.15, 0.2) is 11.5 Å². The fourth-order valence-electron chi connectivity index (χ4n) is 5.37. The number of hydrogen-bond donors (Lipinski definition) is 1. The Bertz CT molecular complexity index is 1850. The molecule has 0 fully saturated rings. The lowest BCUT2D eigenvalue weighted by molar-refractivity contribution is -0.132. The first-order chi connectivity index (χ1) is 21.3. The van der Waals surface area contributed by atoms with Crippen LogP contribution in [0.3, 0.4) is 0 Å². The smallest absolute Gasteiger partial charge is 0.244 e. The van der Waals surface area contributed by atoms with Gasteiger partial charge in [0, 0.05) is 49.2 Å². The summed E-state index contributed by atoms with van der Waals surface area (Å²) in [5, 5.41) is 2.50. The Balaban J connectivity index is 1.45. The lowest BCUT2D eigenvalue weighted by atomic mass is 10.1. The molecule has 10 heteroatoms. The van der Waals surface area contributed by atoms with Crippen molar-refractivity contribution in [1.82, 2.24) is 14.2 Å². The normalized spacial score (nSPS) is 11.7. The number of para-hydroxylation sites is 1. The first-order valence-corrected chi connectivity index (χ1v) is 15.8. The Labute approximate surface area is 258 Å². The van der Waals surface area contributed by atoms with Crippen molar-refractivity contribution in [3.8, 4) is 11.5 Å². The van der Waals surface area contributed by atoms with Crippen LogP contribution >= 0.6 is 0 Å².